The summed E-state index contributed by atoms with van der Waals surface area (Å²) in [4.78, 5) is 4.21. The van der Waals surface area contributed by atoms with Crippen molar-refractivity contribution in [1.29, 1.82) is 0 Å². The van der Waals surface area contributed by atoms with Crippen molar-refractivity contribution in [2.75, 3.05) is 12.4 Å². The van der Waals surface area contributed by atoms with Gasteiger partial charge in [0.15, 0.2) is 5.65 Å². The number of nitrogens with one attached hydrogen (secondary N) is 1. The van der Waals surface area contributed by atoms with Crippen LogP contribution in [0.4, 0.5) is 11.5 Å². The number of ether oxygens (including phenoxy) is 1. The van der Waals surface area contributed by atoms with Crippen LogP contribution in [0.3, 0.4) is 0 Å². The van der Waals surface area contributed by atoms with Crippen LogP contribution in [0.5, 0.6) is 5.75 Å². The molecule has 0 atom stereocenters. The predicted molar refractivity (Wildman–Crippen MR) is 86.4 cm³/mol. The summed E-state index contributed by atoms with van der Waals surface area (Å²) in [5.74, 6) is 1.69. The Bertz CT molecular complexity index is 813. The topological polar surface area (TPSA) is 51.5 Å². The molecule has 0 saturated carbocycles. The minimum Gasteiger partial charge on any atom is -0.496 e. The van der Waals surface area contributed by atoms with Crippen molar-refractivity contribution in [1.82, 2.24) is 14.6 Å². The number of anilines is 2. The molecular weight excluding hydrogens is 332 g/mol. The molecule has 0 fully saturated rings. The molecule has 1 N–H and O–H groups in total. The number of hydrogen-bond acceptors (Lipinski definition) is 4. The Morgan fingerprint density at radius 1 is 1.19 bits per heavy atom. The Balaban J connectivity index is 2.15. The van der Waals surface area contributed by atoms with Crippen molar-refractivity contribution in [3.63, 3.8) is 0 Å². The summed E-state index contributed by atoms with van der Waals surface area (Å²) in [6, 6.07) is 7.87. The van der Waals surface area contributed by atoms with Crippen molar-refractivity contribution >= 4 is 33.1 Å². The molecule has 0 aliphatic carbocycles. The maximum absolute atomic E-state index is 5.39. The highest BCUT2D eigenvalue weighted by Crippen LogP contribution is 2.33. The molecule has 1 aromatic carbocycles. The fraction of sp³-hybridized carbons (Fsp3) is 0.200. The lowest BCUT2D eigenvalue weighted by atomic mass is 10.1. The van der Waals surface area contributed by atoms with Gasteiger partial charge in [-0.2, -0.15) is 9.61 Å². The van der Waals surface area contributed by atoms with Gasteiger partial charge in [0.1, 0.15) is 17.9 Å². The Morgan fingerprint density at radius 2 is 2.00 bits per heavy atom. The fourth-order valence-electron chi connectivity index (χ4n) is 2.34. The normalized spacial score (nSPS) is 10.9. The minimum absolute atomic E-state index is 0.791. The van der Waals surface area contributed by atoms with Gasteiger partial charge in [-0.1, -0.05) is 6.07 Å². The third kappa shape index (κ3) is 2.35. The lowest BCUT2D eigenvalue weighted by molar-refractivity contribution is 0.412. The van der Waals surface area contributed by atoms with Gasteiger partial charge in [0.05, 0.1) is 11.6 Å². The van der Waals surface area contributed by atoms with E-state index in [4.69, 9.17) is 4.74 Å². The minimum atomic E-state index is 0.791. The first-order valence-electron chi connectivity index (χ1n) is 6.51. The molecule has 21 heavy (non-hydrogen) atoms. The molecule has 0 bridgehead atoms. The summed E-state index contributed by atoms with van der Waals surface area (Å²) in [5, 5.41) is 7.71. The van der Waals surface area contributed by atoms with E-state index in [0.717, 1.165) is 38.5 Å². The second kappa shape index (κ2) is 5.37. The van der Waals surface area contributed by atoms with Gasteiger partial charge in [0, 0.05) is 11.3 Å². The van der Waals surface area contributed by atoms with Crippen LogP contribution >= 0.6 is 15.9 Å². The van der Waals surface area contributed by atoms with E-state index in [0.29, 0.717) is 0 Å². The second-order valence-electron chi connectivity index (χ2n) is 4.77. The molecule has 0 amide bonds. The van der Waals surface area contributed by atoms with E-state index in [1.54, 1.807) is 11.6 Å². The maximum Gasteiger partial charge on any atom is 0.157 e. The van der Waals surface area contributed by atoms with Gasteiger partial charge >= 0.3 is 0 Å². The Kier molecular flexibility index (Phi) is 3.55. The highest BCUT2D eigenvalue weighted by Gasteiger charge is 2.13. The number of rotatable bonds is 3. The van der Waals surface area contributed by atoms with Gasteiger partial charge in [-0.15, -0.1) is 0 Å². The number of aryl methyl sites for hydroxylation is 1. The molecule has 6 heteroatoms. The molecule has 2 heterocycles. The molecule has 0 spiro atoms. The van der Waals surface area contributed by atoms with E-state index in [1.165, 1.54) is 6.33 Å². The van der Waals surface area contributed by atoms with E-state index in [9.17, 15) is 0 Å². The smallest absolute Gasteiger partial charge is 0.157 e. The summed E-state index contributed by atoms with van der Waals surface area (Å²) < 4.78 is 8.08. The van der Waals surface area contributed by atoms with E-state index >= 15 is 0 Å². The molecule has 0 radical (unpaired) electrons. The molecule has 3 aromatic rings. The van der Waals surface area contributed by atoms with E-state index in [1.807, 2.05) is 31.2 Å². The van der Waals surface area contributed by atoms with Crippen molar-refractivity contribution in [2.45, 2.75) is 13.8 Å². The molecule has 5 nitrogen and oxygen atoms in total. The molecule has 0 aliphatic heterocycles. The van der Waals surface area contributed by atoms with Crippen LogP contribution in [0.2, 0.25) is 0 Å². The highest BCUT2D eigenvalue weighted by molar-refractivity contribution is 9.10. The maximum atomic E-state index is 5.39. The Hall–Kier alpha value is -2.08. The zero-order chi connectivity index (χ0) is 15.0. The van der Waals surface area contributed by atoms with Crippen molar-refractivity contribution in [3.8, 4) is 5.75 Å². The largest absolute Gasteiger partial charge is 0.496 e. The number of benzene rings is 1. The zero-order valence-corrected chi connectivity index (χ0v) is 13.6. The van der Waals surface area contributed by atoms with Gasteiger partial charge in [-0.3, -0.25) is 0 Å². The number of fused-ring (bicyclic) bond motifs is 1. The molecule has 3 rings (SSSR count). The van der Waals surface area contributed by atoms with Gasteiger partial charge < -0.3 is 10.1 Å². The lowest BCUT2D eigenvalue weighted by Gasteiger charge is -2.17. The lowest BCUT2D eigenvalue weighted by Crippen LogP contribution is -2.04. The number of nitrogens with zero attached hydrogens (tertiary/aromatic N) is 3. The van der Waals surface area contributed by atoms with Crippen LogP contribution in [0, 0.1) is 13.8 Å². The molecule has 108 valence electrons. The first kappa shape index (κ1) is 13.9. The summed E-state index contributed by atoms with van der Waals surface area (Å²) in [7, 11) is 1.68. The molecule has 2 aromatic heterocycles. The Morgan fingerprint density at radius 3 is 2.76 bits per heavy atom. The standard InChI is InChI=1S/C15H15BrN4O/c1-9-4-6-12(21-3)10(2)14(9)19-15-11(16)5-7-13-17-8-18-20(13)15/h4-8,19H,1-3H3. The van der Waals surface area contributed by atoms with Crippen LogP contribution in [0.1, 0.15) is 11.1 Å². The average molecular weight is 347 g/mol. The van der Waals surface area contributed by atoms with Gasteiger partial charge in [-0.25, -0.2) is 4.98 Å². The van der Waals surface area contributed by atoms with Gasteiger partial charge in [0.25, 0.3) is 0 Å². The third-order valence-corrected chi connectivity index (χ3v) is 4.12. The van der Waals surface area contributed by atoms with Crippen molar-refractivity contribution in [2.24, 2.45) is 0 Å². The number of pyridine rings is 1. The average Bonchev–Trinajstić information content (AvgIpc) is 2.94. The summed E-state index contributed by atoms with van der Waals surface area (Å²) in [6.45, 7) is 4.09. The highest BCUT2D eigenvalue weighted by atomic mass is 79.9. The molecular formula is C15H15BrN4O. The number of aromatic nitrogens is 3. The van der Waals surface area contributed by atoms with Crippen molar-refractivity contribution in [3.05, 3.63) is 46.2 Å². The SMILES string of the molecule is COc1ccc(C)c(Nc2c(Br)ccc3ncnn23)c1C. The summed E-state index contributed by atoms with van der Waals surface area (Å²) >= 11 is 3.56. The fourth-order valence-corrected chi connectivity index (χ4v) is 2.74. The quantitative estimate of drug-likeness (QED) is 0.782. The van der Waals surface area contributed by atoms with Crippen LogP contribution in [0.25, 0.3) is 5.65 Å². The predicted octanol–water partition coefficient (Wildman–Crippen LogP) is 3.86. The van der Waals surface area contributed by atoms with E-state index < -0.39 is 0 Å². The molecule has 0 saturated heterocycles. The number of methoxy groups -OCH3 is 1. The van der Waals surface area contributed by atoms with Crippen LogP contribution in [0.15, 0.2) is 35.1 Å². The van der Waals surface area contributed by atoms with Crippen LogP contribution in [-0.2, 0) is 0 Å². The van der Waals surface area contributed by atoms with E-state index in [-0.39, 0.29) is 0 Å². The Labute approximate surface area is 131 Å². The van der Waals surface area contributed by atoms with Crippen LogP contribution < -0.4 is 10.1 Å². The molecule has 0 unspecified atom stereocenters. The number of hydrogen-bond donors (Lipinski definition) is 1. The van der Waals surface area contributed by atoms with Gasteiger partial charge in [-0.05, 0) is 53.5 Å². The summed E-state index contributed by atoms with van der Waals surface area (Å²) in [6.07, 6.45) is 1.54. The third-order valence-electron chi connectivity index (χ3n) is 3.48. The molecule has 0 aliphatic rings. The van der Waals surface area contributed by atoms with Gasteiger partial charge in [0.2, 0.25) is 0 Å². The van der Waals surface area contributed by atoms with Crippen molar-refractivity contribution < 1.29 is 4.74 Å². The first-order valence-corrected chi connectivity index (χ1v) is 7.30. The second-order valence-corrected chi connectivity index (χ2v) is 5.62. The van der Waals surface area contributed by atoms with Crippen LogP contribution in [-0.4, -0.2) is 21.7 Å². The summed E-state index contributed by atoms with van der Waals surface area (Å²) in [5.41, 5.74) is 4.00. The van der Waals surface area contributed by atoms with E-state index in [2.05, 4.69) is 38.3 Å². The monoisotopic (exact) mass is 346 g/mol. The zero-order valence-electron chi connectivity index (χ0n) is 12.0. The number of halogens is 1. The first-order chi connectivity index (χ1) is 10.1.